The molecule has 1 aliphatic heterocycles. The fourth-order valence-corrected chi connectivity index (χ4v) is 1.63. The van der Waals surface area contributed by atoms with E-state index in [1.165, 1.54) is 0 Å². The second kappa shape index (κ2) is 14.0. The zero-order chi connectivity index (χ0) is 11.0. The first-order chi connectivity index (χ1) is 6.13. The van der Waals surface area contributed by atoms with Gasteiger partial charge in [0.05, 0.1) is 0 Å². The Morgan fingerprint density at radius 3 is 0.933 bits per heavy atom. The van der Waals surface area contributed by atoms with Gasteiger partial charge in [0.2, 0.25) is 0 Å². The molecule has 3 radical (unpaired) electrons. The summed E-state index contributed by atoms with van der Waals surface area (Å²) in [5.41, 5.74) is 0. The van der Waals surface area contributed by atoms with Crippen LogP contribution < -0.4 is 5.32 Å². The third-order valence-corrected chi connectivity index (χ3v) is 2.93. The van der Waals surface area contributed by atoms with Crippen LogP contribution >= 0.6 is 0 Å². The molecule has 15 heavy (non-hydrogen) atoms. The quantitative estimate of drug-likeness (QED) is 0.602. The van der Waals surface area contributed by atoms with Crippen molar-refractivity contribution in [3.63, 3.8) is 0 Å². The summed E-state index contributed by atoms with van der Waals surface area (Å²) in [7, 11) is 0. The van der Waals surface area contributed by atoms with Crippen molar-refractivity contribution in [2.24, 2.45) is 11.8 Å². The Bertz CT molecular complexity index is 94.7. The van der Waals surface area contributed by atoms with E-state index < -0.39 is 0 Å². The summed E-state index contributed by atoms with van der Waals surface area (Å²) < 4.78 is 0. The lowest BCUT2D eigenvalue weighted by Crippen LogP contribution is -2.26. The molecule has 0 spiro atoms. The molecule has 1 aliphatic rings. The van der Waals surface area contributed by atoms with Crippen molar-refractivity contribution >= 4 is 8.41 Å². The lowest BCUT2D eigenvalue weighted by atomic mass is 9.92. The van der Waals surface area contributed by atoms with Crippen LogP contribution in [0.25, 0.3) is 0 Å². The summed E-state index contributed by atoms with van der Waals surface area (Å²) in [4.78, 5) is 0. The molecule has 0 aliphatic carbocycles. The van der Waals surface area contributed by atoms with Gasteiger partial charge in [-0.2, -0.15) is 0 Å². The van der Waals surface area contributed by atoms with Crippen molar-refractivity contribution in [1.82, 2.24) is 5.32 Å². The maximum atomic E-state index is 3.52. The topological polar surface area (TPSA) is 12.0 Å². The molecule has 1 rings (SSSR count). The highest BCUT2D eigenvalue weighted by Gasteiger charge is 2.31. The summed E-state index contributed by atoms with van der Waals surface area (Å²) in [5.74, 6) is 1.69. The Hall–Kier alpha value is 0.0249. The Kier molecular flexibility index (Phi) is 22.7. The maximum Gasteiger partial charge on any atom is 0.00700 e. The average Bonchev–Trinajstić information content (AvgIpc) is 2.40. The van der Waals surface area contributed by atoms with Crippen LogP contribution in [0, 0.1) is 11.8 Å². The van der Waals surface area contributed by atoms with Crippen LogP contribution in [-0.4, -0.2) is 20.5 Å². The summed E-state index contributed by atoms with van der Waals surface area (Å²) in [6.07, 6.45) is 0. The molecule has 0 bridgehead atoms. The van der Waals surface area contributed by atoms with E-state index in [1.54, 1.807) is 0 Å². The Morgan fingerprint density at radius 2 is 0.867 bits per heavy atom. The fourth-order valence-electron chi connectivity index (χ4n) is 1.63. The zero-order valence-electron chi connectivity index (χ0n) is 11.4. The van der Waals surface area contributed by atoms with E-state index in [9.17, 15) is 0 Å². The molecule has 0 saturated carbocycles. The maximum absolute atomic E-state index is 3.52. The highest BCUT2D eigenvalue weighted by molar-refractivity contribution is 5.75. The van der Waals surface area contributed by atoms with E-state index in [0.29, 0.717) is 0 Å². The van der Waals surface area contributed by atoms with E-state index >= 15 is 0 Å². The van der Waals surface area contributed by atoms with Crippen LogP contribution in [0.2, 0.25) is 0 Å². The molecule has 0 amide bonds. The van der Waals surface area contributed by atoms with Gasteiger partial charge in [-0.3, -0.25) is 0 Å². The standard InChI is InChI=1S/C8H17N.2C2H6.CH4.B/c1-5-6(2)8(4)9-7(5)3;2*1-2;;/h5-9H,1-4H3;2*1-2H3;1H4;. The Morgan fingerprint density at radius 1 is 0.667 bits per heavy atom. The van der Waals surface area contributed by atoms with Crippen molar-refractivity contribution in [3.05, 3.63) is 0 Å². The second-order valence-corrected chi connectivity index (χ2v) is 3.46. The van der Waals surface area contributed by atoms with Gasteiger partial charge < -0.3 is 5.32 Å². The number of hydrogen-bond acceptors (Lipinski definition) is 1. The minimum Gasteiger partial charge on any atom is -0.311 e. The van der Waals surface area contributed by atoms with E-state index in [0.717, 1.165) is 23.9 Å². The van der Waals surface area contributed by atoms with Crippen LogP contribution in [0.3, 0.4) is 0 Å². The monoisotopic (exact) mass is 214 g/mol. The van der Waals surface area contributed by atoms with E-state index in [2.05, 4.69) is 33.0 Å². The van der Waals surface area contributed by atoms with Crippen LogP contribution in [-0.2, 0) is 0 Å². The van der Waals surface area contributed by atoms with Crippen LogP contribution in [0.1, 0.15) is 62.8 Å². The number of hydrogen-bond donors (Lipinski definition) is 1. The molecule has 0 aromatic heterocycles. The SMILES string of the molecule is C.CC.CC.CC1NC(C)C(C)C1C.[B]. The first-order valence-corrected chi connectivity index (χ1v) is 5.89. The molecule has 2 heteroatoms. The van der Waals surface area contributed by atoms with Crippen LogP contribution in [0.5, 0.6) is 0 Å². The molecule has 1 N–H and O–H groups in total. The highest BCUT2D eigenvalue weighted by atomic mass is 15.0. The van der Waals surface area contributed by atoms with Gasteiger partial charge in [0.15, 0.2) is 0 Å². The minimum absolute atomic E-state index is 0. The molecule has 1 nitrogen and oxygen atoms in total. The summed E-state index contributed by atoms with van der Waals surface area (Å²) in [6, 6.07) is 1.44. The van der Waals surface area contributed by atoms with Gasteiger partial charge in [0.1, 0.15) is 0 Å². The van der Waals surface area contributed by atoms with Gasteiger partial charge >= 0.3 is 0 Å². The molecule has 1 fully saturated rings. The zero-order valence-corrected chi connectivity index (χ0v) is 11.4. The fraction of sp³-hybridized carbons (Fsp3) is 1.00. The lowest BCUT2D eigenvalue weighted by molar-refractivity contribution is 0.413. The third kappa shape index (κ3) is 7.90. The Labute approximate surface area is 101 Å². The minimum atomic E-state index is 0. The average molecular weight is 214 g/mol. The number of nitrogens with one attached hydrogen (secondary N) is 1. The van der Waals surface area contributed by atoms with Gasteiger partial charge in [-0.05, 0) is 25.7 Å². The smallest absolute Gasteiger partial charge is 0.00700 e. The molecule has 1 saturated heterocycles. The molecular weight excluding hydrogens is 181 g/mol. The molecule has 0 aromatic carbocycles. The van der Waals surface area contributed by atoms with Crippen molar-refractivity contribution in [1.29, 1.82) is 0 Å². The number of rotatable bonds is 0. The summed E-state index contributed by atoms with van der Waals surface area (Å²) in [6.45, 7) is 17.2. The van der Waals surface area contributed by atoms with Crippen molar-refractivity contribution < 1.29 is 0 Å². The van der Waals surface area contributed by atoms with Gasteiger partial charge in [0.25, 0.3) is 0 Å². The molecule has 4 atom stereocenters. The van der Waals surface area contributed by atoms with E-state index in [-0.39, 0.29) is 15.8 Å². The van der Waals surface area contributed by atoms with Crippen molar-refractivity contribution in [3.8, 4) is 0 Å². The summed E-state index contributed by atoms with van der Waals surface area (Å²) >= 11 is 0. The van der Waals surface area contributed by atoms with Crippen molar-refractivity contribution in [2.75, 3.05) is 0 Å². The van der Waals surface area contributed by atoms with Crippen LogP contribution in [0.15, 0.2) is 0 Å². The second-order valence-electron chi connectivity index (χ2n) is 3.46. The molecule has 93 valence electrons. The van der Waals surface area contributed by atoms with Crippen LogP contribution in [0.4, 0.5) is 0 Å². The largest absolute Gasteiger partial charge is 0.311 e. The predicted octanol–water partition coefficient (Wildman–Crippen LogP) is 3.95. The Balaban J connectivity index is -0.0000000910. The van der Waals surface area contributed by atoms with Crippen molar-refractivity contribution in [2.45, 2.75) is 74.9 Å². The molecular formula is C13H33BN. The third-order valence-electron chi connectivity index (χ3n) is 2.93. The van der Waals surface area contributed by atoms with Gasteiger partial charge in [-0.25, -0.2) is 0 Å². The van der Waals surface area contributed by atoms with E-state index in [4.69, 9.17) is 0 Å². The molecule has 4 unspecified atom stereocenters. The highest BCUT2D eigenvalue weighted by Crippen LogP contribution is 2.25. The predicted molar refractivity (Wildman–Crippen MR) is 75.6 cm³/mol. The summed E-state index contributed by atoms with van der Waals surface area (Å²) in [5, 5.41) is 3.52. The normalized spacial score (nSPS) is 32.0. The van der Waals surface area contributed by atoms with Gasteiger partial charge in [0, 0.05) is 20.5 Å². The molecule has 0 aromatic rings. The first kappa shape index (κ1) is 24.3. The first-order valence-electron chi connectivity index (χ1n) is 5.89. The van der Waals surface area contributed by atoms with Gasteiger partial charge in [-0.1, -0.05) is 49.0 Å². The van der Waals surface area contributed by atoms with Gasteiger partial charge in [-0.15, -0.1) is 0 Å². The lowest BCUT2D eigenvalue weighted by Gasteiger charge is -2.12. The van der Waals surface area contributed by atoms with E-state index in [1.807, 2.05) is 27.7 Å². The molecule has 1 heterocycles.